The summed E-state index contributed by atoms with van der Waals surface area (Å²) in [5, 5.41) is 9.80. The largest absolute Gasteiger partial charge is 0.214 e. The maximum absolute atomic E-state index is 13.6. The molecule has 0 bridgehead atoms. The van der Waals surface area contributed by atoms with Gasteiger partial charge in [-0.05, 0) is 35.4 Å². The van der Waals surface area contributed by atoms with Crippen molar-refractivity contribution < 1.29 is 4.39 Å². The van der Waals surface area contributed by atoms with Crippen molar-refractivity contribution in [2.24, 2.45) is 0 Å². The van der Waals surface area contributed by atoms with Crippen molar-refractivity contribution in [1.29, 1.82) is 0 Å². The van der Waals surface area contributed by atoms with Gasteiger partial charge in [-0.3, -0.25) is 0 Å². The molecule has 0 aliphatic rings. The van der Waals surface area contributed by atoms with Crippen molar-refractivity contribution in [3.05, 3.63) is 102 Å². The maximum atomic E-state index is 13.6. The Labute approximate surface area is 170 Å². The van der Waals surface area contributed by atoms with E-state index < -0.39 is 8.07 Å². The molecular formula is C24H22FN3Si. The Bertz CT molecular complexity index is 1210. The second-order valence-corrected chi connectivity index (χ2v) is 12.9. The van der Waals surface area contributed by atoms with Crippen LogP contribution in [0, 0.1) is 5.82 Å². The molecule has 0 saturated carbocycles. The molecule has 4 aromatic rings. The van der Waals surface area contributed by atoms with Gasteiger partial charge >= 0.3 is 0 Å². The number of hydrogen-bond acceptors (Lipinski definition) is 2. The zero-order valence-electron chi connectivity index (χ0n) is 16.7. The molecule has 0 saturated heterocycles. The fourth-order valence-corrected chi connectivity index (χ4v) is 4.54. The normalized spacial score (nSPS) is 11.3. The Morgan fingerprint density at radius 1 is 0.828 bits per heavy atom. The lowest BCUT2D eigenvalue weighted by Gasteiger charge is -2.19. The molecule has 1 heterocycles. The van der Waals surface area contributed by atoms with E-state index in [9.17, 15) is 4.39 Å². The molecule has 0 aliphatic heterocycles. The van der Waals surface area contributed by atoms with Gasteiger partial charge in [0.25, 0.3) is 0 Å². The summed E-state index contributed by atoms with van der Waals surface area (Å²) in [6, 6.07) is 24.6. The fraction of sp³-hybridized carbons (Fsp3) is 0.125. The maximum Gasteiger partial charge on any atom is 0.123 e. The second kappa shape index (κ2) is 7.63. The van der Waals surface area contributed by atoms with Gasteiger partial charge in [0.2, 0.25) is 0 Å². The average Bonchev–Trinajstić information content (AvgIpc) is 3.13. The van der Waals surface area contributed by atoms with Crippen LogP contribution in [0.5, 0.6) is 0 Å². The van der Waals surface area contributed by atoms with Gasteiger partial charge < -0.3 is 0 Å². The van der Waals surface area contributed by atoms with E-state index in [0.717, 1.165) is 33.1 Å². The molecule has 0 fully saturated rings. The van der Waals surface area contributed by atoms with E-state index in [1.54, 1.807) is 12.1 Å². The van der Waals surface area contributed by atoms with Gasteiger partial charge in [0, 0.05) is 5.57 Å². The fourth-order valence-electron chi connectivity index (χ4n) is 3.24. The third-order valence-corrected chi connectivity index (χ3v) is 6.47. The van der Waals surface area contributed by atoms with Gasteiger partial charge in [0.05, 0.1) is 10.8 Å². The van der Waals surface area contributed by atoms with Crippen molar-refractivity contribution in [2.45, 2.75) is 19.6 Å². The van der Waals surface area contributed by atoms with Crippen LogP contribution in [0.2, 0.25) is 19.6 Å². The van der Waals surface area contributed by atoms with E-state index in [-0.39, 0.29) is 5.82 Å². The van der Waals surface area contributed by atoms with Crippen LogP contribution in [-0.2, 0) is 0 Å². The minimum Gasteiger partial charge on any atom is -0.214 e. The predicted octanol–water partition coefficient (Wildman–Crippen LogP) is 6.02. The molecule has 0 aliphatic carbocycles. The molecule has 3 nitrogen and oxygen atoms in total. The number of hydrogen-bond donors (Lipinski definition) is 0. The van der Waals surface area contributed by atoms with Crippen molar-refractivity contribution >= 4 is 30.0 Å². The Morgan fingerprint density at radius 2 is 1.45 bits per heavy atom. The summed E-state index contributed by atoms with van der Waals surface area (Å²) in [6.45, 7) is 6.79. The topological polar surface area (TPSA) is 30.7 Å². The first-order valence-electron chi connectivity index (χ1n) is 9.57. The van der Waals surface area contributed by atoms with Gasteiger partial charge in [-0.1, -0.05) is 85.2 Å². The zero-order chi connectivity index (χ0) is 20.4. The summed E-state index contributed by atoms with van der Waals surface area (Å²) in [5.74, 6) is -0.252. The van der Waals surface area contributed by atoms with Crippen LogP contribution in [0.15, 0.2) is 84.6 Å². The quantitative estimate of drug-likeness (QED) is 0.310. The predicted molar refractivity (Wildman–Crippen MR) is 119 cm³/mol. The second-order valence-electron chi connectivity index (χ2n) is 7.96. The molecule has 144 valence electrons. The number of rotatable bonds is 4. The highest BCUT2D eigenvalue weighted by Gasteiger charge is 2.25. The van der Waals surface area contributed by atoms with E-state index in [2.05, 4.69) is 35.7 Å². The summed E-state index contributed by atoms with van der Waals surface area (Å²) in [7, 11) is -1.88. The summed E-state index contributed by atoms with van der Waals surface area (Å²) >= 11 is 0. The number of benzene rings is 3. The highest BCUT2D eigenvalue weighted by molar-refractivity contribution is 6.92. The Kier molecular flexibility index (Phi) is 5.01. The lowest BCUT2D eigenvalue weighted by Crippen LogP contribution is -2.27. The number of aromatic nitrogens is 3. The standard InChI is InChI=1S/C24H22FN3Si/c1-29(2,3)24(28-23-12-8-7-11-22(23)26-27-28)17-21(18-9-5-4-6-10-18)19-13-15-20(25)16-14-19/h4-16H,1-3H3. The first-order chi connectivity index (χ1) is 13.9. The third-order valence-electron chi connectivity index (χ3n) is 4.71. The molecule has 3 aromatic carbocycles. The van der Waals surface area contributed by atoms with Crippen LogP contribution in [0.25, 0.3) is 21.9 Å². The van der Waals surface area contributed by atoms with E-state index in [0.29, 0.717) is 0 Å². The SMILES string of the molecule is C[Si](C)(C)C(=C=C(c1ccccc1)c1ccc(F)cc1)n1nnc2ccccc21. The van der Waals surface area contributed by atoms with E-state index in [1.807, 2.05) is 59.3 Å². The van der Waals surface area contributed by atoms with Crippen molar-refractivity contribution in [3.63, 3.8) is 0 Å². The molecule has 0 spiro atoms. The average molecular weight is 400 g/mol. The first kappa shape index (κ1) is 19.1. The third kappa shape index (κ3) is 3.97. The Hall–Kier alpha value is -3.27. The minimum absolute atomic E-state index is 0.252. The number of para-hydroxylation sites is 1. The number of halogens is 1. The van der Waals surface area contributed by atoms with Crippen molar-refractivity contribution in [2.75, 3.05) is 0 Å². The molecule has 29 heavy (non-hydrogen) atoms. The van der Waals surface area contributed by atoms with E-state index >= 15 is 0 Å². The van der Waals surface area contributed by atoms with Crippen LogP contribution < -0.4 is 0 Å². The van der Waals surface area contributed by atoms with Crippen LogP contribution in [0.1, 0.15) is 11.1 Å². The first-order valence-corrected chi connectivity index (χ1v) is 13.1. The van der Waals surface area contributed by atoms with Crippen molar-refractivity contribution in [1.82, 2.24) is 15.0 Å². The molecule has 4 rings (SSSR count). The molecule has 1 aromatic heterocycles. The van der Waals surface area contributed by atoms with E-state index in [4.69, 9.17) is 0 Å². The smallest absolute Gasteiger partial charge is 0.123 e. The Morgan fingerprint density at radius 3 is 2.14 bits per heavy atom. The van der Waals surface area contributed by atoms with Crippen LogP contribution >= 0.6 is 0 Å². The highest BCUT2D eigenvalue weighted by Crippen LogP contribution is 2.28. The lowest BCUT2D eigenvalue weighted by molar-refractivity contribution is 0.627. The monoisotopic (exact) mass is 399 g/mol. The molecule has 5 heteroatoms. The van der Waals surface area contributed by atoms with Gasteiger partial charge in [-0.25, -0.2) is 9.07 Å². The summed E-state index contributed by atoms with van der Waals surface area (Å²) < 4.78 is 15.5. The molecule has 0 amide bonds. The van der Waals surface area contributed by atoms with Gasteiger partial charge in [0.1, 0.15) is 19.4 Å². The van der Waals surface area contributed by atoms with Gasteiger partial charge in [0.15, 0.2) is 0 Å². The number of nitrogens with zero attached hydrogens (tertiary/aromatic N) is 3. The lowest BCUT2D eigenvalue weighted by atomic mass is 9.99. The van der Waals surface area contributed by atoms with E-state index in [1.165, 1.54) is 12.1 Å². The summed E-state index contributed by atoms with van der Waals surface area (Å²) in [5.41, 5.74) is 8.35. The molecule has 0 unspecified atom stereocenters. The molecule has 0 atom stereocenters. The minimum atomic E-state index is -1.88. The summed E-state index contributed by atoms with van der Waals surface area (Å²) in [6.07, 6.45) is 0. The Balaban J connectivity index is 2.07. The zero-order valence-corrected chi connectivity index (χ0v) is 17.7. The van der Waals surface area contributed by atoms with Crippen molar-refractivity contribution in [3.8, 4) is 0 Å². The van der Waals surface area contributed by atoms with Crippen LogP contribution in [0.4, 0.5) is 4.39 Å². The van der Waals surface area contributed by atoms with Gasteiger partial charge in [-0.15, -0.1) is 5.10 Å². The molecule has 0 N–H and O–H groups in total. The highest BCUT2D eigenvalue weighted by atomic mass is 28.3. The van der Waals surface area contributed by atoms with Crippen LogP contribution in [0.3, 0.4) is 0 Å². The summed E-state index contributed by atoms with van der Waals surface area (Å²) in [4.78, 5) is 0. The van der Waals surface area contributed by atoms with Gasteiger partial charge in [-0.2, -0.15) is 0 Å². The van der Waals surface area contributed by atoms with Crippen LogP contribution in [-0.4, -0.2) is 23.1 Å². The molecule has 0 radical (unpaired) electrons. The number of fused-ring (bicyclic) bond motifs is 1. The molecular weight excluding hydrogens is 377 g/mol.